The first-order chi connectivity index (χ1) is 14.7. The summed E-state index contributed by atoms with van der Waals surface area (Å²) in [5.41, 5.74) is -1.62. The van der Waals surface area contributed by atoms with Crippen molar-refractivity contribution in [2.24, 2.45) is 0 Å². The molecule has 164 valence electrons. The van der Waals surface area contributed by atoms with Crippen molar-refractivity contribution in [3.05, 3.63) is 62.6 Å². The van der Waals surface area contributed by atoms with Crippen LogP contribution in [0.1, 0.15) is 44.9 Å². The summed E-state index contributed by atoms with van der Waals surface area (Å²) in [5.74, 6) is -3.93. The van der Waals surface area contributed by atoms with Crippen molar-refractivity contribution in [3.8, 4) is 5.75 Å². The van der Waals surface area contributed by atoms with Crippen molar-refractivity contribution < 1.29 is 28.2 Å². The Kier molecular flexibility index (Phi) is 5.26. The summed E-state index contributed by atoms with van der Waals surface area (Å²) in [6.45, 7) is 3.73. The average Bonchev–Trinajstić information content (AvgIpc) is 3.19. The third kappa shape index (κ3) is 3.36. The summed E-state index contributed by atoms with van der Waals surface area (Å²) in [6.07, 6.45) is 1.20. The highest BCUT2D eigenvalue weighted by molar-refractivity contribution is 5.99. The fraction of sp³-hybridized carbons (Fsp3) is 0.381. The Morgan fingerprint density at radius 3 is 2.52 bits per heavy atom. The number of hydrogen-bond acceptors (Lipinski definition) is 5. The molecular formula is C21H21F2N3O5. The van der Waals surface area contributed by atoms with Crippen molar-refractivity contribution >= 4 is 11.8 Å². The number of aromatic nitrogens is 1. The number of likely N-dealkylation sites (N-methyl/N-ethyl adjacent to an activating group) is 1. The van der Waals surface area contributed by atoms with Gasteiger partial charge in [0.15, 0.2) is 11.4 Å². The summed E-state index contributed by atoms with van der Waals surface area (Å²) in [6, 6.07) is 1.60. The van der Waals surface area contributed by atoms with Gasteiger partial charge >= 0.3 is 0 Å². The van der Waals surface area contributed by atoms with Gasteiger partial charge in [0, 0.05) is 24.8 Å². The maximum atomic E-state index is 14.0. The van der Waals surface area contributed by atoms with Crippen LogP contribution >= 0.6 is 0 Å². The summed E-state index contributed by atoms with van der Waals surface area (Å²) < 4.78 is 35.0. The van der Waals surface area contributed by atoms with Crippen LogP contribution in [0, 0.1) is 18.6 Å². The van der Waals surface area contributed by atoms with Gasteiger partial charge in [-0.25, -0.2) is 8.78 Å². The van der Waals surface area contributed by atoms with E-state index in [1.54, 1.807) is 6.92 Å². The van der Waals surface area contributed by atoms with Crippen LogP contribution in [0.15, 0.2) is 23.1 Å². The Morgan fingerprint density at radius 2 is 1.87 bits per heavy atom. The number of halogens is 2. The SMILES string of the molecule is CCN1C(=O)c2c(O)c(=O)c(C(=O)NCc3c(F)cc(C)cc3F)cn2[C@H]2COC[C@H]21. The van der Waals surface area contributed by atoms with E-state index in [-0.39, 0.29) is 29.9 Å². The number of rotatable bonds is 4. The first-order valence-corrected chi connectivity index (χ1v) is 9.84. The molecule has 0 bridgehead atoms. The maximum Gasteiger partial charge on any atom is 0.274 e. The lowest BCUT2D eigenvalue weighted by Gasteiger charge is -2.38. The third-order valence-corrected chi connectivity index (χ3v) is 5.75. The monoisotopic (exact) mass is 433 g/mol. The largest absolute Gasteiger partial charge is 0.503 e. The molecule has 4 rings (SSSR count). The molecule has 2 aliphatic rings. The van der Waals surface area contributed by atoms with E-state index < -0.39 is 46.7 Å². The van der Waals surface area contributed by atoms with E-state index in [2.05, 4.69) is 5.32 Å². The van der Waals surface area contributed by atoms with Gasteiger partial charge in [0.25, 0.3) is 11.8 Å². The molecule has 31 heavy (non-hydrogen) atoms. The number of pyridine rings is 1. The molecule has 1 aromatic carbocycles. The molecule has 3 heterocycles. The van der Waals surface area contributed by atoms with Gasteiger partial charge in [0.05, 0.1) is 25.3 Å². The van der Waals surface area contributed by atoms with Gasteiger partial charge in [-0.2, -0.15) is 0 Å². The van der Waals surface area contributed by atoms with E-state index in [4.69, 9.17) is 4.74 Å². The van der Waals surface area contributed by atoms with Crippen LogP contribution < -0.4 is 10.7 Å². The normalized spacial score (nSPS) is 19.9. The number of nitrogens with one attached hydrogen (secondary N) is 1. The molecule has 0 spiro atoms. The molecule has 2 amide bonds. The van der Waals surface area contributed by atoms with E-state index in [0.717, 1.165) is 12.1 Å². The van der Waals surface area contributed by atoms with E-state index in [1.165, 1.54) is 22.6 Å². The first-order valence-electron chi connectivity index (χ1n) is 9.84. The molecule has 0 aliphatic carbocycles. The summed E-state index contributed by atoms with van der Waals surface area (Å²) >= 11 is 0. The molecule has 10 heteroatoms. The Balaban J connectivity index is 1.69. The number of fused-ring (bicyclic) bond motifs is 3. The standard InChI is InChI=1S/C21H21F2N3O5/c1-3-25-15-8-31-9-16(15)26-7-12(18(27)19(28)17(26)21(25)30)20(29)24-6-11-13(22)4-10(2)5-14(11)23/h4-5,7,15-16,28H,3,6,8-9H2,1-2H3,(H,24,29)/t15-,16+/m1/s1. The van der Waals surface area contributed by atoms with Crippen LogP contribution in [0.25, 0.3) is 0 Å². The highest BCUT2D eigenvalue weighted by atomic mass is 19.1. The van der Waals surface area contributed by atoms with E-state index >= 15 is 0 Å². The van der Waals surface area contributed by atoms with Gasteiger partial charge in [-0.1, -0.05) is 0 Å². The number of benzene rings is 1. The Morgan fingerprint density at radius 1 is 1.23 bits per heavy atom. The first kappa shape index (κ1) is 21.0. The number of aryl methyl sites for hydroxylation is 1. The zero-order chi connectivity index (χ0) is 22.4. The van der Waals surface area contributed by atoms with Crippen LogP contribution in [-0.2, 0) is 11.3 Å². The molecular weight excluding hydrogens is 412 g/mol. The second-order valence-corrected chi connectivity index (χ2v) is 7.63. The molecule has 8 nitrogen and oxygen atoms in total. The maximum absolute atomic E-state index is 14.0. The number of ether oxygens (including phenoxy) is 1. The number of nitrogens with zero attached hydrogens (tertiary/aromatic N) is 2. The third-order valence-electron chi connectivity index (χ3n) is 5.75. The quantitative estimate of drug-likeness (QED) is 0.761. The predicted molar refractivity (Wildman–Crippen MR) is 105 cm³/mol. The zero-order valence-electron chi connectivity index (χ0n) is 16.9. The lowest BCUT2D eigenvalue weighted by atomic mass is 10.0. The van der Waals surface area contributed by atoms with Crippen LogP contribution in [0.2, 0.25) is 0 Å². The summed E-state index contributed by atoms with van der Waals surface area (Å²) in [5, 5.41) is 12.8. The second-order valence-electron chi connectivity index (χ2n) is 7.63. The molecule has 2 N–H and O–H groups in total. The van der Waals surface area contributed by atoms with Crippen LogP contribution in [0.4, 0.5) is 8.78 Å². The molecule has 2 atom stereocenters. The molecule has 2 aliphatic heterocycles. The molecule has 0 unspecified atom stereocenters. The van der Waals surface area contributed by atoms with Gasteiger partial charge < -0.3 is 24.6 Å². The minimum atomic E-state index is -1.03. The van der Waals surface area contributed by atoms with Crippen molar-refractivity contribution in [2.75, 3.05) is 19.8 Å². The summed E-state index contributed by atoms with van der Waals surface area (Å²) in [4.78, 5) is 39.6. The number of aromatic hydroxyl groups is 1. The molecule has 1 fully saturated rings. The lowest BCUT2D eigenvalue weighted by Crippen LogP contribution is -2.51. The number of carbonyl (C=O) groups is 2. The highest BCUT2D eigenvalue weighted by Crippen LogP contribution is 2.34. The molecule has 0 radical (unpaired) electrons. The smallest absolute Gasteiger partial charge is 0.274 e. The Hall–Kier alpha value is -3.27. The molecule has 2 aromatic rings. The van der Waals surface area contributed by atoms with Crippen LogP contribution in [0.5, 0.6) is 5.75 Å². The fourth-order valence-electron chi connectivity index (χ4n) is 4.18. The van der Waals surface area contributed by atoms with Gasteiger partial charge in [-0.3, -0.25) is 14.4 Å². The topological polar surface area (TPSA) is 101 Å². The van der Waals surface area contributed by atoms with Crippen LogP contribution in [0.3, 0.4) is 0 Å². The van der Waals surface area contributed by atoms with Crippen molar-refractivity contribution in [1.29, 1.82) is 0 Å². The zero-order valence-corrected chi connectivity index (χ0v) is 16.9. The molecule has 0 saturated carbocycles. The van der Waals surface area contributed by atoms with Gasteiger partial charge in [-0.15, -0.1) is 0 Å². The van der Waals surface area contributed by atoms with Crippen molar-refractivity contribution in [3.63, 3.8) is 0 Å². The van der Waals surface area contributed by atoms with Crippen molar-refractivity contribution in [1.82, 2.24) is 14.8 Å². The van der Waals surface area contributed by atoms with E-state index in [0.29, 0.717) is 18.7 Å². The number of hydrogen-bond donors (Lipinski definition) is 2. The van der Waals surface area contributed by atoms with Gasteiger partial charge in [0.1, 0.15) is 17.2 Å². The van der Waals surface area contributed by atoms with E-state index in [1.807, 2.05) is 0 Å². The fourth-order valence-corrected chi connectivity index (χ4v) is 4.18. The van der Waals surface area contributed by atoms with Crippen molar-refractivity contribution in [2.45, 2.75) is 32.5 Å². The molecule has 1 saturated heterocycles. The number of amides is 2. The average molecular weight is 433 g/mol. The number of carbonyl (C=O) groups excluding carboxylic acids is 2. The predicted octanol–water partition coefficient (Wildman–Crippen LogP) is 1.49. The Labute approximate surface area is 176 Å². The molecule has 1 aromatic heterocycles. The minimum Gasteiger partial charge on any atom is -0.503 e. The second kappa shape index (κ2) is 7.77. The minimum absolute atomic E-state index is 0.203. The van der Waals surface area contributed by atoms with Gasteiger partial charge in [-0.05, 0) is 31.5 Å². The van der Waals surface area contributed by atoms with E-state index in [9.17, 15) is 28.3 Å². The summed E-state index contributed by atoms with van der Waals surface area (Å²) in [7, 11) is 0. The highest BCUT2D eigenvalue weighted by Gasteiger charge is 2.44. The lowest BCUT2D eigenvalue weighted by molar-refractivity contribution is 0.0569. The van der Waals surface area contributed by atoms with Crippen LogP contribution in [-0.4, -0.2) is 52.2 Å². The Bertz CT molecular complexity index is 1120. The van der Waals surface area contributed by atoms with Gasteiger partial charge in [0.2, 0.25) is 5.43 Å².